The van der Waals surface area contributed by atoms with E-state index >= 15 is 0 Å². The lowest BCUT2D eigenvalue weighted by atomic mass is 9.82. The van der Waals surface area contributed by atoms with Crippen molar-refractivity contribution in [2.75, 3.05) is 0 Å². The summed E-state index contributed by atoms with van der Waals surface area (Å²) in [4.78, 5) is 34.8. The van der Waals surface area contributed by atoms with Gasteiger partial charge in [0.2, 0.25) is 0 Å². The third-order valence-electron chi connectivity index (χ3n) is 7.23. The molecule has 0 N–H and O–H groups in total. The zero-order valence-electron chi connectivity index (χ0n) is 28.2. The Kier molecular flexibility index (Phi) is 15.2. The second-order valence-corrected chi connectivity index (χ2v) is 16.5. The monoisotopic (exact) mass is 572 g/mol. The van der Waals surface area contributed by atoms with Crippen LogP contribution in [0.2, 0.25) is 0 Å². The molecule has 0 atom stereocenters. The zero-order chi connectivity index (χ0) is 31.4. The molecular formula is C37H61FO3. The van der Waals surface area contributed by atoms with Gasteiger partial charge in [0.05, 0.1) is 0 Å². The molecule has 0 radical (unpaired) electrons. The van der Waals surface area contributed by atoms with E-state index in [2.05, 4.69) is 41.5 Å². The first-order chi connectivity index (χ1) is 18.7. The summed E-state index contributed by atoms with van der Waals surface area (Å²) in [7, 11) is 0. The zero-order valence-corrected chi connectivity index (χ0v) is 28.2. The first-order valence-electron chi connectivity index (χ1n) is 16.0. The number of hydrogen-bond acceptors (Lipinski definition) is 3. The second-order valence-electron chi connectivity index (χ2n) is 16.5. The first-order valence-corrected chi connectivity index (χ1v) is 16.0. The maximum Gasteiger partial charge on any atom is 0.137 e. The molecule has 3 rings (SSSR count). The van der Waals surface area contributed by atoms with E-state index in [9.17, 15) is 18.8 Å². The van der Waals surface area contributed by atoms with Crippen molar-refractivity contribution in [3.8, 4) is 0 Å². The van der Waals surface area contributed by atoms with Crippen molar-refractivity contribution in [2.45, 2.75) is 153 Å². The van der Waals surface area contributed by atoms with Gasteiger partial charge in [0, 0.05) is 38.5 Å². The number of hydrogen-bond donors (Lipinski definition) is 0. The number of aryl methyl sites for hydroxylation is 1. The molecule has 0 bridgehead atoms. The average molecular weight is 573 g/mol. The Balaban J connectivity index is 0.000000313. The molecule has 0 aromatic heterocycles. The van der Waals surface area contributed by atoms with E-state index in [1.54, 1.807) is 12.1 Å². The maximum absolute atomic E-state index is 13.4. The van der Waals surface area contributed by atoms with Crippen LogP contribution in [0.3, 0.4) is 0 Å². The lowest BCUT2D eigenvalue weighted by Crippen LogP contribution is -2.17. The van der Waals surface area contributed by atoms with E-state index in [0.29, 0.717) is 29.5 Å². The van der Waals surface area contributed by atoms with Crippen LogP contribution in [0.1, 0.15) is 150 Å². The van der Waals surface area contributed by atoms with Gasteiger partial charge in [-0.05, 0) is 59.5 Å². The molecule has 0 aliphatic heterocycles. The van der Waals surface area contributed by atoms with Crippen LogP contribution in [0, 0.1) is 40.8 Å². The molecule has 234 valence electrons. The van der Waals surface area contributed by atoms with E-state index in [-0.39, 0.29) is 34.3 Å². The smallest absolute Gasteiger partial charge is 0.137 e. The third kappa shape index (κ3) is 20.6. The Bertz CT molecular complexity index is 961. The van der Waals surface area contributed by atoms with Crippen molar-refractivity contribution in [3.63, 3.8) is 0 Å². The van der Waals surface area contributed by atoms with Crippen LogP contribution >= 0.6 is 0 Å². The van der Waals surface area contributed by atoms with Crippen molar-refractivity contribution in [2.24, 2.45) is 28.1 Å². The van der Waals surface area contributed by atoms with Gasteiger partial charge in [-0.1, -0.05) is 112 Å². The standard InChI is InChI=1S/C14H19FO.C13H24O.C10H18O/c1-10-5-6-13(15)11(7-10)8-12(16)9-14(2,3)4;1-13(2,3)10-12(14)9-11-7-5-4-6-8-11;1-10(2,3)7-9(11)6-8-4-5-8/h5-7H,8-9H2,1-4H3;11H,4-10H2,1-3H3;8H,4-7H2,1-3H3. The van der Waals surface area contributed by atoms with Crippen LogP contribution in [-0.4, -0.2) is 17.3 Å². The van der Waals surface area contributed by atoms with Gasteiger partial charge >= 0.3 is 0 Å². The molecule has 41 heavy (non-hydrogen) atoms. The third-order valence-corrected chi connectivity index (χ3v) is 7.23. The van der Waals surface area contributed by atoms with Crippen LogP contribution < -0.4 is 0 Å². The lowest BCUT2D eigenvalue weighted by Gasteiger charge is -2.23. The summed E-state index contributed by atoms with van der Waals surface area (Å²) in [6, 6.07) is 4.89. The van der Waals surface area contributed by atoms with Gasteiger partial charge in [-0.25, -0.2) is 4.39 Å². The molecule has 2 aliphatic rings. The van der Waals surface area contributed by atoms with Crippen LogP contribution in [0.4, 0.5) is 4.39 Å². The van der Waals surface area contributed by atoms with Crippen molar-refractivity contribution in [3.05, 3.63) is 35.1 Å². The van der Waals surface area contributed by atoms with Gasteiger partial charge < -0.3 is 0 Å². The van der Waals surface area contributed by atoms with Crippen LogP contribution in [0.25, 0.3) is 0 Å². The topological polar surface area (TPSA) is 51.2 Å². The van der Waals surface area contributed by atoms with Crippen LogP contribution in [-0.2, 0) is 20.8 Å². The predicted octanol–water partition coefficient (Wildman–Crippen LogP) is 10.4. The minimum absolute atomic E-state index is 0.0304. The minimum atomic E-state index is -0.284. The lowest BCUT2D eigenvalue weighted by molar-refractivity contribution is -0.122. The van der Waals surface area contributed by atoms with Crippen molar-refractivity contribution >= 4 is 17.3 Å². The van der Waals surface area contributed by atoms with Crippen LogP contribution in [0.15, 0.2) is 18.2 Å². The molecule has 0 saturated heterocycles. The Hall–Kier alpha value is -1.84. The molecule has 4 heteroatoms. The Morgan fingerprint density at radius 2 is 1.07 bits per heavy atom. The molecule has 1 aromatic rings. The number of halogens is 1. The van der Waals surface area contributed by atoms with Gasteiger partial charge in [-0.3, -0.25) is 14.4 Å². The van der Waals surface area contributed by atoms with Crippen molar-refractivity contribution < 1.29 is 18.8 Å². The highest BCUT2D eigenvalue weighted by Crippen LogP contribution is 2.34. The molecule has 2 saturated carbocycles. The highest BCUT2D eigenvalue weighted by atomic mass is 19.1. The summed E-state index contributed by atoms with van der Waals surface area (Å²) in [6.45, 7) is 20.7. The summed E-state index contributed by atoms with van der Waals surface area (Å²) in [5.41, 5.74) is 1.82. The number of ketones is 3. The minimum Gasteiger partial charge on any atom is -0.300 e. The summed E-state index contributed by atoms with van der Waals surface area (Å²) in [6.07, 6.45) is 13.1. The van der Waals surface area contributed by atoms with E-state index in [1.807, 2.05) is 27.7 Å². The van der Waals surface area contributed by atoms with E-state index in [4.69, 9.17) is 0 Å². The highest BCUT2D eigenvalue weighted by molar-refractivity contribution is 5.81. The molecule has 0 amide bonds. The molecule has 0 heterocycles. The normalized spacial score (nSPS) is 16.2. The number of benzene rings is 1. The molecule has 0 spiro atoms. The molecule has 2 aliphatic carbocycles. The fourth-order valence-electron chi connectivity index (χ4n) is 5.39. The summed E-state index contributed by atoms with van der Waals surface area (Å²) >= 11 is 0. The van der Waals surface area contributed by atoms with Crippen LogP contribution in [0.5, 0.6) is 0 Å². The highest BCUT2D eigenvalue weighted by Gasteiger charge is 2.26. The number of carbonyl (C=O) groups excluding carboxylic acids is 3. The summed E-state index contributed by atoms with van der Waals surface area (Å²) in [5, 5.41) is 0. The fourth-order valence-corrected chi connectivity index (χ4v) is 5.39. The van der Waals surface area contributed by atoms with Gasteiger partial charge in [0.15, 0.2) is 0 Å². The molecular weight excluding hydrogens is 511 g/mol. The van der Waals surface area contributed by atoms with Gasteiger partial charge in [0.1, 0.15) is 23.2 Å². The predicted molar refractivity (Wildman–Crippen MR) is 171 cm³/mol. The van der Waals surface area contributed by atoms with E-state index in [1.165, 1.54) is 51.0 Å². The largest absolute Gasteiger partial charge is 0.300 e. The van der Waals surface area contributed by atoms with Crippen molar-refractivity contribution in [1.29, 1.82) is 0 Å². The Morgan fingerprint density at radius 1 is 0.659 bits per heavy atom. The van der Waals surface area contributed by atoms with Gasteiger partial charge in [-0.15, -0.1) is 0 Å². The molecule has 3 nitrogen and oxygen atoms in total. The summed E-state index contributed by atoms with van der Waals surface area (Å²) < 4.78 is 13.4. The van der Waals surface area contributed by atoms with Gasteiger partial charge in [0.25, 0.3) is 0 Å². The Labute approximate surface area is 251 Å². The van der Waals surface area contributed by atoms with E-state index < -0.39 is 0 Å². The summed E-state index contributed by atoms with van der Waals surface area (Å²) in [5.74, 6) is 2.21. The quantitative estimate of drug-likeness (QED) is 0.296. The number of carbonyl (C=O) groups is 3. The fraction of sp³-hybridized carbons (Fsp3) is 0.757. The SMILES string of the molecule is CC(C)(C)CC(=O)CC1CC1.CC(C)(C)CC(=O)CC1CCCCC1.Cc1ccc(F)c(CC(=O)CC(C)(C)C)c1. The molecule has 2 fully saturated rings. The second kappa shape index (κ2) is 16.7. The molecule has 0 unspecified atom stereocenters. The van der Waals surface area contributed by atoms with Crippen molar-refractivity contribution in [1.82, 2.24) is 0 Å². The number of rotatable bonds is 9. The molecule has 1 aromatic carbocycles. The van der Waals surface area contributed by atoms with Gasteiger partial charge in [-0.2, -0.15) is 0 Å². The maximum atomic E-state index is 13.4. The number of Topliss-reactive ketones (excluding diaryl/α,β-unsaturated/α-hetero) is 3. The Morgan fingerprint density at radius 3 is 1.49 bits per heavy atom. The first kappa shape index (κ1) is 37.2. The van der Waals surface area contributed by atoms with E-state index in [0.717, 1.165) is 37.2 Å². The average Bonchev–Trinajstić information content (AvgIpc) is 3.58.